The average Bonchev–Trinajstić information content (AvgIpc) is 2.37. The molecule has 1 heteroatoms. The molecule has 1 atom stereocenters. The zero-order valence-corrected chi connectivity index (χ0v) is 12.9. The predicted octanol–water partition coefficient (Wildman–Crippen LogP) is 6.29. The van der Waals surface area contributed by atoms with Crippen molar-refractivity contribution in [1.82, 2.24) is 0 Å². The topological polar surface area (TPSA) is 19.9 Å². The first-order chi connectivity index (χ1) is 8.81. The lowest BCUT2D eigenvalue weighted by Crippen LogP contribution is -2.04. The lowest BCUT2D eigenvalue weighted by Gasteiger charge is -2.08. The third-order valence-electron chi connectivity index (χ3n) is 3.76. The summed E-state index contributed by atoms with van der Waals surface area (Å²) in [6.07, 6.45) is 17.2. The first-order valence-corrected chi connectivity index (χ1v) is 8.47. The second-order valence-electron chi connectivity index (χ2n) is 5.73. The lowest BCUT2D eigenvalue weighted by molar-refractivity contribution is 0.0688. The summed E-state index contributed by atoms with van der Waals surface area (Å²) in [5, 5.41) is 11.7. The highest BCUT2D eigenvalue weighted by Gasteiger charge is 2.05. The maximum Gasteiger partial charge on any atom is 0.0930 e. The van der Waals surface area contributed by atoms with Gasteiger partial charge < -0.3 is 0 Å². The Balaban J connectivity index is 3.09. The smallest absolute Gasteiger partial charge is 0.0930 e. The first kappa shape index (κ1) is 18.0. The largest absolute Gasteiger partial charge is 0.233 e. The molecular weight excluding hydrogens is 220 g/mol. The van der Waals surface area contributed by atoms with Gasteiger partial charge in [-0.1, -0.05) is 90.9 Å². The normalized spacial score (nSPS) is 12.8. The van der Waals surface area contributed by atoms with E-state index in [1.807, 2.05) is 0 Å². The Morgan fingerprint density at radius 1 is 0.556 bits per heavy atom. The van der Waals surface area contributed by atoms with Crippen LogP contribution in [0, 0.1) is 0 Å². The number of hydrogen-bond acceptors (Lipinski definition) is 0. The molecule has 0 aromatic rings. The van der Waals surface area contributed by atoms with E-state index >= 15 is 0 Å². The van der Waals surface area contributed by atoms with E-state index in [1.54, 1.807) is 0 Å². The summed E-state index contributed by atoms with van der Waals surface area (Å²) in [6.45, 7) is 4.49. The van der Waals surface area contributed by atoms with Gasteiger partial charge in [0, 0.05) is 0 Å². The third-order valence-corrected chi connectivity index (χ3v) is 3.76. The van der Waals surface area contributed by atoms with Crippen LogP contribution in [0.2, 0.25) is 0 Å². The summed E-state index contributed by atoms with van der Waals surface area (Å²) < 4.78 is 0. The van der Waals surface area contributed by atoms with Gasteiger partial charge in [0.15, 0.2) is 0 Å². The Hall–Kier alpha value is -0.0400. The molecule has 1 radical (unpaired) electrons. The maximum atomic E-state index is 11.7. The van der Waals surface area contributed by atoms with E-state index in [1.165, 1.54) is 64.2 Å². The van der Waals surface area contributed by atoms with E-state index in [4.69, 9.17) is 0 Å². The number of rotatable bonds is 14. The van der Waals surface area contributed by atoms with Gasteiger partial charge >= 0.3 is 0 Å². The van der Waals surface area contributed by atoms with Gasteiger partial charge in [0.2, 0.25) is 0 Å². The van der Waals surface area contributed by atoms with Crippen LogP contribution in [-0.2, 0) is 5.11 Å². The van der Waals surface area contributed by atoms with Crippen molar-refractivity contribution in [2.24, 2.45) is 0 Å². The lowest BCUT2D eigenvalue weighted by atomic mass is 10.0. The van der Waals surface area contributed by atoms with E-state index in [-0.39, 0.29) is 6.10 Å². The highest BCUT2D eigenvalue weighted by molar-refractivity contribution is 4.57. The molecule has 18 heavy (non-hydrogen) atoms. The average molecular weight is 255 g/mol. The molecule has 0 aromatic heterocycles. The quantitative estimate of drug-likeness (QED) is 0.325. The van der Waals surface area contributed by atoms with Crippen LogP contribution in [0.15, 0.2) is 0 Å². The zero-order chi connectivity index (χ0) is 13.5. The van der Waals surface area contributed by atoms with Crippen LogP contribution in [0.3, 0.4) is 0 Å². The minimum absolute atomic E-state index is 0.276. The number of hydrogen-bond donors (Lipinski definition) is 0. The van der Waals surface area contributed by atoms with Crippen LogP contribution < -0.4 is 0 Å². The van der Waals surface area contributed by atoms with Crippen LogP contribution in [0.25, 0.3) is 0 Å². The molecule has 0 fully saturated rings. The Labute approximate surface area is 115 Å². The standard InChI is InChI=1S/C17H35O/c1-3-5-7-9-10-12-14-16-17(18)15-13-11-8-6-4-2/h17H,3-16H2,1-2H3/t17-/m0/s1. The second-order valence-corrected chi connectivity index (χ2v) is 5.73. The van der Waals surface area contributed by atoms with E-state index in [0.29, 0.717) is 0 Å². The van der Waals surface area contributed by atoms with Crippen molar-refractivity contribution in [2.45, 2.75) is 110 Å². The summed E-state index contributed by atoms with van der Waals surface area (Å²) in [6, 6.07) is 0. The highest BCUT2D eigenvalue weighted by Crippen LogP contribution is 2.14. The van der Waals surface area contributed by atoms with Gasteiger partial charge in [0.25, 0.3) is 0 Å². The third kappa shape index (κ3) is 14.0. The molecule has 0 N–H and O–H groups in total. The minimum atomic E-state index is -0.276. The van der Waals surface area contributed by atoms with Gasteiger partial charge in [-0.3, -0.25) is 0 Å². The molecule has 0 heterocycles. The molecule has 0 unspecified atom stereocenters. The van der Waals surface area contributed by atoms with E-state index < -0.39 is 0 Å². The molecule has 0 aliphatic heterocycles. The van der Waals surface area contributed by atoms with Gasteiger partial charge in [-0.05, 0) is 12.8 Å². The zero-order valence-electron chi connectivity index (χ0n) is 12.9. The van der Waals surface area contributed by atoms with Gasteiger partial charge in [0.1, 0.15) is 0 Å². The molecular formula is C17H35O. The van der Waals surface area contributed by atoms with Gasteiger partial charge in [-0.25, -0.2) is 5.11 Å². The predicted molar refractivity (Wildman–Crippen MR) is 80.5 cm³/mol. The molecule has 0 rings (SSSR count). The minimum Gasteiger partial charge on any atom is -0.233 e. The Kier molecular flexibility index (Phi) is 15.0. The van der Waals surface area contributed by atoms with Gasteiger partial charge in [0.05, 0.1) is 6.10 Å². The van der Waals surface area contributed by atoms with E-state index in [9.17, 15) is 5.11 Å². The van der Waals surface area contributed by atoms with Crippen molar-refractivity contribution in [3.05, 3.63) is 0 Å². The van der Waals surface area contributed by atoms with Crippen molar-refractivity contribution in [1.29, 1.82) is 0 Å². The Bertz CT molecular complexity index is 145. The molecule has 0 aliphatic carbocycles. The maximum absolute atomic E-state index is 11.7. The summed E-state index contributed by atoms with van der Waals surface area (Å²) >= 11 is 0. The Morgan fingerprint density at radius 3 is 1.28 bits per heavy atom. The van der Waals surface area contributed by atoms with Crippen LogP contribution in [0.4, 0.5) is 0 Å². The van der Waals surface area contributed by atoms with Gasteiger partial charge in [-0.2, -0.15) is 0 Å². The molecule has 0 saturated carbocycles. The molecule has 1 nitrogen and oxygen atoms in total. The van der Waals surface area contributed by atoms with Gasteiger partial charge in [-0.15, -0.1) is 0 Å². The highest BCUT2D eigenvalue weighted by atomic mass is 16.3. The van der Waals surface area contributed by atoms with Crippen molar-refractivity contribution >= 4 is 0 Å². The first-order valence-electron chi connectivity index (χ1n) is 8.47. The van der Waals surface area contributed by atoms with Crippen molar-refractivity contribution < 1.29 is 5.11 Å². The van der Waals surface area contributed by atoms with Crippen LogP contribution in [-0.4, -0.2) is 6.10 Å². The molecule has 0 saturated heterocycles. The molecule has 0 amide bonds. The van der Waals surface area contributed by atoms with Crippen molar-refractivity contribution in [3.8, 4) is 0 Å². The molecule has 0 bridgehead atoms. The molecule has 0 aromatic carbocycles. The molecule has 0 spiro atoms. The van der Waals surface area contributed by atoms with Crippen LogP contribution in [0.5, 0.6) is 0 Å². The summed E-state index contributed by atoms with van der Waals surface area (Å²) in [4.78, 5) is 0. The van der Waals surface area contributed by atoms with E-state index in [2.05, 4.69) is 13.8 Å². The second kappa shape index (κ2) is 15.0. The van der Waals surface area contributed by atoms with Crippen molar-refractivity contribution in [3.63, 3.8) is 0 Å². The van der Waals surface area contributed by atoms with Crippen molar-refractivity contribution in [2.75, 3.05) is 0 Å². The molecule has 109 valence electrons. The SMILES string of the molecule is CCCCCCCCC[C@@H]([O])CCCCCCC. The Morgan fingerprint density at radius 2 is 0.889 bits per heavy atom. The fourth-order valence-corrected chi connectivity index (χ4v) is 2.45. The van der Waals surface area contributed by atoms with E-state index in [0.717, 1.165) is 25.7 Å². The summed E-state index contributed by atoms with van der Waals surface area (Å²) in [5.41, 5.74) is 0. The van der Waals surface area contributed by atoms with Crippen LogP contribution >= 0.6 is 0 Å². The molecule has 0 aliphatic rings. The monoisotopic (exact) mass is 255 g/mol. The number of unbranched alkanes of at least 4 members (excludes halogenated alkanes) is 10. The summed E-state index contributed by atoms with van der Waals surface area (Å²) in [5.74, 6) is 0. The fraction of sp³-hybridized carbons (Fsp3) is 1.00. The summed E-state index contributed by atoms with van der Waals surface area (Å²) in [7, 11) is 0. The fourth-order valence-electron chi connectivity index (χ4n) is 2.45. The van der Waals surface area contributed by atoms with Crippen LogP contribution in [0.1, 0.15) is 104 Å².